The van der Waals surface area contributed by atoms with E-state index < -0.39 is 0 Å². The summed E-state index contributed by atoms with van der Waals surface area (Å²) < 4.78 is 10.4. The third-order valence-corrected chi connectivity index (χ3v) is 3.09. The van der Waals surface area contributed by atoms with Crippen molar-refractivity contribution >= 4 is 18.0 Å². The van der Waals surface area contributed by atoms with Crippen molar-refractivity contribution in [1.82, 2.24) is 0 Å². The van der Waals surface area contributed by atoms with E-state index in [1.54, 1.807) is 24.9 Å². The fourth-order valence-electron chi connectivity index (χ4n) is 1.30. The minimum Gasteiger partial charge on any atom is -0.385 e. The van der Waals surface area contributed by atoms with Crippen LogP contribution >= 0.6 is 11.8 Å². The molecule has 0 heterocycles. The van der Waals surface area contributed by atoms with Crippen molar-refractivity contribution < 1.29 is 14.3 Å². The molecule has 0 N–H and O–H groups in total. The molecule has 0 unspecified atom stereocenters. The number of ether oxygens (including phenoxy) is 2. The lowest BCUT2D eigenvalue weighted by Crippen LogP contribution is -2.02. The predicted molar refractivity (Wildman–Crippen MR) is 69.9 cm³/mol. The molecule has 1 aromatic rings. The number of hydrogen-bond acceptors (Lipinski definition) is 4. The first-order valence-corrected chi connectivity index (χ1v) is 6.60. The fourth-order valence-corrected chi connectivity index (χ4v) is 2.13. The lowest BCUT2D eigenvalue weighted by atomic mass is 10.2. The lowest BCUT2D eigenvalue weighted by Gasteiger charge is -2.04. The molecule has 17 heavy (non-hydrogen) atoms. The van der Waals surface area contributed by atoms with Crippen molar-refractivity contribution in [1.29, 1.82) is 0 Å². The maximum absolute atomic E-state index is 10.6. The topological polar surface area (TPSA) is 35.5 Å². The number of rotatable bonds is 9. The highest BCUT2D eigenvalue weighted by atomic mass is 32.2. The molecule has 0 aromatic heterocycles. The van der Waals surface area contributed by atoms with Crippen molar-refractivity contribution in [2.75, 3.05) is 32.7 Å². The molecule has 0 aliphatic rings. The third-order valence-electron chi connectivity index (χ3n) is 2.13. The Kier molecular flexibility index (Phi) is 7.71. The van der Waals surface area contributed by atoms with Crippen LogP contribution in [-0.4, -0.2) is 39.0 Å². The van der Waals surface area contributed by atoms with E-state index in [4.69, 9.17) is 9.47 Å². The van der Waals surface area contributed by atoms with Crippen molar-refractivity contribution in [2.24, 2.45) is 0 Å². The fraction of sp³-hybridized carbons (Fsp3) is 0.462. The average Bonchev–Trinajstić information content (AvgIpc) is 2.38. The van der Waals surface area contributed by atoms with Gasteiger partial charge in [-0.3, -0.25) is 4.79 Å². The molecule has 1 aromatic carbocycles. The number of benzene rings is 1. The molecule has 0 atom stereocenters. The van der Waals surface area contributed by atoms with Crippen LogP contribution in [0.15, 0.2) is 29.2 Å². The van der Waals surface area contributed by atoms with Crippen LogP contribution in [0, 0.1) is 0 Å². The zero-order valence-electron chi connectivity index (χ0n) is 10.1. The monoisotopic (exact) mass is 254 g/mol. The second kappa shape index (κ2) is 9.22. The first-order valence-electron chi connectivity index (χ1n) is 5.61. The van der Waals surface area contributed by atoms with E-state index in [1.807, 2.05) is 18.2 Å². The Bertz CT molecular complexity index is 328. The van der Waals surface area contributed by atoms with Crippen LogP contribution < -0.4 is 0 Å². The zero-order chi connectivity index (χ0) is 12.3. The summed E-state index contributed by atoms with van der Waals surface area (Å²) in [5, 5.41) is 0. The van der Waals surface area contributed by atoms with E-state index in [-0.39, 0.29) is 0 Å². The maximum Gasteiger partial charge on any atom is 0.150 e. The highest BCUT2D eigenvalue weighted by Crippen LogP contribution is 2.18. The van der Waals surface area contributed by atoms with Crippen LogP contribution in [0.2, 0.25) is 0 Å². The summed E-state index contributed by atoms with van der Waals surface area (Å²) in [5.74, 6) is 0.898. The second-order valence-corrected chi connectivity index (χ2v) is 4.67. The Morgan fingerprint density at radius 2 is 2.18 bits per heavy atom. The van der Waals surface area contributed by atoms with E-state index in [1.165, 1.54) is 0 Å². The van der Waals surface area contributed by atoms with Gasteiger partial charge in [-0.1, -0.05) is 12.1 Å². The van der Waals surface area contributed by atoms with E-state index in [2.05, 4.69) is 0 Å². The summed E-state index contributed by atoms with van der Waals surface area (Å²) >= 11 is 1.70. The van der Waals surface area contributed by atoms with Crippen LogP contribution in [0.3, 0.4) is 0 Å². The van der Waals surface area contributed by atoms with Crippen molar-refractivity contribution in [3.8, 4) is 0 Å². The van der Waals surface area contributed by atoms with Crippen LogP contribution in [0.4, 0.5) is 0 Å². The Balaban J connectivity index is 2.11. The third kappa shape index (κ3) is 6.46. The predicted octanol–water partition coefficient (Wildman–Crippen LogP) is 2.64. The van der Waals surface area contributed by atoms with Crippen LogP contribution in [0.1, 0.15) is 16.8 Å². The van der Waals surface area contributed by atoms with Gasteiger partial charge in [0.2, 0.25) is 0 Å². The summed E-state index contributed by atoms with van der Waals surface area (Å²) in [5.41, 5.74) is 0.719. The molecule has 0 fully saturated rings. The maximum atomic E-state index is 10.6. The Morgan fingerprint density at radius 3 is 2.94 bits per heavy atom. The van der Waals surface area contributed by atoms with Gasteiger partial charge in [-0.15, -0.1) is 11.8 Å². The van der Waals surface area contributed by atoms with E-state index in [9.17, 15) is 4.79 Å². The molecule has 3 nitrogen and oxygen atoms in total. The van der Waals surface area contributed by atoms with Crippen LogP contribution in [0.5, 0.6) is 0 Å². The highest BCUT2D eigenvalue weighted by Gasteiger charge is 1.96. The molecule has 94 valence electrons. The van der Waals surface area contributed by atoms with Gasteiger partial charge in [0.25, 0.3) is 0 Å². The average molecular weight is 254 g/mol. The Hall–Kier alpha value is -0.840. The summed E-state index contributed by atoms with van der Waals surface area (Å²) in [6, 6.07) is 7.59. The van der Waals surface area contributed by atoms with E-state index >= 15 is 0 Å². The molecular weight excluding hydrogens is 236 g/mol. The van der Waals surface area contributed by atoms with Crippen LogP contribution in [0.25, 0.3) is 0 Å². The van der Waals surface area contributed by atoms with Crippen LogP contribution in [-0.2, 0) is 9.47 Å². The number of hydrogen-bond donors (Lipinski definition) is 0. The molecule has 4 heteroatoms. The summed E-state index contributed by atoms with van der Waals surface area (Å²) in [7, 11) is 1.69. The molecule has 0 radical (unpaired) electrons. The summed E-state index contributed by atoms with van der Waals surface area (Å²) in [6.07, 6.45) is 1.80. The number of aldehydes is 1. The first kappa shape index (κ1) is 14.2. The quantitative estimate of drug-likeness (QED) is 0.385. The molecule has 0 saturated heterocycles. The SMILES string of the molecule is COCCCOCCSc1cccc(C=O)c1. The number of carbonyl (C=O) groups excluding carboxylic acids is 1. The first-order chi connectivity index (χ1) is 8.36. The molecular formula is C13H18O3S. The highest BCUT2D eigenvalue weighted by molar-refractivity contribution is 7.99. The largest absolute Gasteiger partial charge is 0.385 e. The van der Waals surface area contributed by atoms with E-state index in [0.29, 0.717) is 0 Å². The lowest BCUT2D eigenvalue weighted by molar-refractivity contribution is 0.112. The minimum atomic E-state index is 0.719. The molecule has 0 aliphatic heterocycles. The van der Waals surface area contributed by atoms with E-state index in [0.717, 1.165) is 48.7 Å². The van der Waals surface area contributed by atoms with Gasteiger partial charge < -0.3 is 9.47 Å². The normalized spacial score (nSPS) is 10.4. The van der Waals surface area contributed by atoms with Gasteiger partial charge in [0.15, 0.2) is 0 Å². The van der Waals surface area contributed by atoms with Gasteiger partial charge in [-0.25, -0.2) is 0 Å². The van der Waals surface area contributed by atoms with Gasteiger partial charge >= 0.3 is 0 Å². The number of carbonyl (C=O) groups is 1. The molecule has 0 amide bonds. The molecule has 0 spiro atoms. The van der Waals surface area contributed by atoms with Gasteiger partial charge in [-0.2, -0.15) is 0 Å². The number of thioether (sulfide) groups is 1. The number of methoxy groups -OCH3 is 1. The molecule has 0 bridgehead atoms. The Labute approximate surface area is 106 Å². The Morgan fingerprint density at radius 1 is 1.29 bits per heavy atom. The second-order valence-electron chi connectivity index (χ2n) is 3.50. The van der Waals surface area contributed by atoms with Gasteiger partial charge in [0, 0.05) is 36.5 Å². The molecule has 1 rings (SSSR count). The zero-order valence-corrected chi connectivity index (χ0v) is 10.9. The van der Waals surface area contributed by atoms with Gasteiger partial charge in [0.05, 0.1) is 6.61 Å². The molecule has 0 aliphatic carbocycles. The summed E-state index contributed by atoms with van der Waals surface area (Å²) in [4.78, 5) is 11.7. The van der Waals surface area contributed by atoms with Gasteiger partial charge in [0.1, 0.15) is 6.29 Å². The van der Waals surface area contributed by atoms with Crippen molar-refractivity contribution in [3.63, 3.8) is 0 Å². The molecule has 0 saturated carbocycles. The summed E-state index contributed by atoms with van der Waals surface area (Å²) in [6.45, 7) is 2.21. The van der Waals surface area contributed by atoms with Crippen molar-refractivity contribution in [3.05, 3.63) is 29.8 Å². The minimum absolute atomic E-state index is 0.719. The smallest absolute Gasteiger partial charge is 0.150 e. The standard InChI is InChI=1S/C13H18O3S/c1-15-6-3-7-16-8-9-17-13-5-2-4-12(10-13)11-14/h2,4-5,10-11H,3,6-9H2,1H3. The van der Waals surface area contributed by atoms with Gasteiger partial charge in [-0.05, 0) is 18.6 Å². The van der Waals surface area contributed by atoms with Crippen molar-refractivity contribution in [2.45, 2.75) is 11.3 Å².